The first-order chi connectivity index (χ1) is 16.8. The van der Waals surface area contributed by atoms with Gasteiger partial charge in [0.2, 0.25) is 0 Å². The predicted molar refractivity (Wildman–Crippen MR) is 142 cm³/mol. The van der Waals surface area contributed by atoms with Crippen molar-refractivity contribution in [3.05, 3.63) is 114 Å². The maximum absolute atomic E-state index is 14.2. The highest BCUT2D eigenvalue weighted by Crippen LogP contribution is 2.52. The van der Waals surface area contributed by atoms with E-state index >= 15 is 0 Å². The summed E-state index contributed by atoms with van der Waals surface area (Å²) < 4.78 is 32.3. The molecule has 0 saturated carbocycles. The molecule has 0 aliphatic heterocycles. The van der Waals surface area contributed by atoms with E-state index in [1.54, 1.807) is 24.3 Å². The predicted octanol–water partition coefficient (Wildman–Crippen LogP) is 9.25. The van der Waals surface area contributed by atoms with Crippen molar-refractivity contribution < 1.29 is 18.1 Å². The topological polar surface area (TPSA) is 44.8 Å². The quantitative estimate of drug-likeness (QED) is 0.221. The third-order valence-electron chi connectivity index (χ3n) is 5.68. The molecule has 0 aliphatic rings. The van der Waals surface area contributed by atoms with Crippen molar-refractivity contribution in [3.63, 3.8) is 0 Å². The van der Waals surface area contributed by atoms with E-state index in [4.69, 9.17) is 13.6 Å². The van der Waals surface area contributed by atoms with E-state index in [2.05, 4.69) is 27.7 Å². The zero-order valence-corrected chi connectivity index (χ0v) is 21.4. The van der Waals surface area contributed by atoms with Crippen LogP contribution in [0.25, 0.3) is 11.1 Å². The first-order valence-corrected chi connectivity index (χ1v) is 13.3. The van der Waals surface area contributed by atoms with Crippen molar-refractivity contribution in [2.24, 2.45) is 0 Å². The Morgan fingerprint density at radius 3 is 1.43 bits per heavy atom. The molecule has 0 saturated heterocycles. The fraction of sp³-hybridized carbons (Fsp3) is 0.200. The van der Waals surface area contributed by atoms with Crippen molar-refractivity contribution in [1.29, 1.82) is 0 Å². The summed E-state index contributed by atoms with van der Waals surface area (Å²) in [6.45, 7) is 8.24. The van der Waals surface area contributed by atoms with Gasteiger partial charge in [-0.25, -0.2) is 0 Å². The van der Waals surface area contributed by atoms with Gasteiger partial charge in [0.15, 0.2) is 0 Å². The molecular weight excluding hydrogens is 455 g/mol. The monoisotopic (exact) mass is 486 g/mol. The Kier molecular flexibility index (Phi) is 7.63. The second kappa shape index (κ2) is 10.8. The van der Waals surface area contributed by atoms with E-state index in [9.17, 15) is 4.57 Å². The van der Waals surface area contributed by atoms with Crippen molar-refractivity contribution >= 4 is 7.82 Å². The van der Waals surface area contributed by atoms with Crippen LogP contribution in [-0.2, 0) is 4.57 Å². The molecule has 4 rings (SSSR count). The smallest absolute Gasteiger partial charge is 0.386 e. The van der Waals surface area contributed by atoms with Gasteiger partial charge < -0.3 is 13.6 Å². The molecule has 180 valence electrons. The number of para-hydroxylation sites is 2. The second-order valence-electron chi connectivity index (χ2n) is 9.00. The Bertz CT molecular complexity index is 1240. The average Bonchev–Trinajstić information content (AvgIpc) is 2.85. The number of hydrogen-bond acceptors (Lipinski definition) is 4. The maximum Gasteiger partial charge on any atom is 0.647 e. The summed E-state index contributed by atoms with van der Waals surface area (Å²) in [4.78, 5) is 0. The highest BCUT2D eigenvalue weighted by molar-refractivity contribution is 7.49. The minimum Gasteiger partial charge on any atom is -0.386 e. The average molecular weight is 487 g/mol. The Morgan fingerprint density at radius 1 is 0.514 bits per heavy atom. The fourth-order valence-electron chi connectivity index (χ4n) is 3.85. The summed E-state index contributed by atoms with van der Waals surface area (Å²) in [6, 6.07) is 32.6. The van der Waals surface area contributed by atoms with Gasteiger partial charge in [-0.15, -0.1) is 0 Å². The van der Waals surface area contributed by atoms with Crippen LogP contribution in [0.1, 0.15) is 50.7 Å². The van der Waals surface area contributed by atoms with Gasteiger partial charge in [0.1, 0.15) is 17.2 Å². The van der Waals surface area contributed by atoms with Crippen LogP contribution in [0, 0.1) is 0 Å². The molecular formula is C30H31O4P. The first kappa shape index (κ1) is 24.6. The highest BCUT2D eigenvalue weighted by Gasteiger charge is 2.35. The van der Waals surface area contributed by atoms with Gasteiger partial charge in [-0.3, -0.25) is 0 Å². The van der Waals surface area contributed by atoms with Gasteiger partial charge in [-0.1, -0.05) is 107 Å². The summed E-state index contributed by atoms with van der Waals surface area (Å²) in [5.41, 5.74) is 3.98. The van der Waals surface area contributed by atoms with E-state index in [0.29, 0.717) is 17.2 Å². The summed E-state index contributed by atoms with van der Waals surface area (Å²) in [5.74, 6) is 1.71. The summed E-state index contributed by atoms with van der Waals surface area (Å²) in [5, 5.41) is 0. The zero-order chi connectivity index (χ0) is 24.8. The number of phosphoric ester groups is 1. The van der Waals surface area contributed by atoms with Crippen LogP contribution >= 0.6 is 7.82 Å². The highest BCUT2D eigenvalue weighted by atomic mass is 31.2. The van der Waals surface area contributed by atoms with Crippen LogP contribution < -0.4 is 13.6 Å². The van der Waals surface area contributed by atoms with Crippen LogP contribution in [0.4, 0.5) is 0 Å². The minimum atomic E-state index is -4.11. The molecule has 0 amide bonds. The molecule has 0 aromatic heterocycles. The van der Waals surface area contributed by atoms with E-state index in [1.807, 2.05) is 78.9 Å². The molecule has 35 heavy (non-hydrogen) atoms. The van der Waals surface area contributed by atoms with Gasteiger partial charge in [-0.05, 0) is 58.4 Å². The molecule has 0 N–H and O–H groups in total. The second-order valence-corrected chi connectivity index (χ2v) is 10.4. The van der Waals surface area contributed by atoms with E-state index in [1.165, 1.54) is 0 Å². The standard InChI is InChI=1S/C30H31O4P/c1-22(2)27-14-8-10-16-29(27)33-35(31,34-30-17-11-9-15-28(30)23(3)4)32-26-20-18-25(19-21-26)24-12-6-5-7-13-24/h5-23H,1-4H3. The molecule has 5 heteroatoms. The lowest BCUT2D eigenvalue weighted by Gasteiger charge is -2.23. The Labute approximate surface area is 208 Å². The minimum absolute atomic E-state index is 0.174. The molecule has 0 spiro atoms. The zero-order valence-electron chi connectivity index (χ0n) is 20.5. The molecule has 4 aromatic rings. The molecule has 0 fully saturated rings. The van der Waals surface area contributed by atoms with Gasteiger partial charge in [0.25, 0.3) is 0 Å². The third-order valence-corrected chi connectivity index (χ3v) is 6.96. The Hall–Kier alpha value is -3.49. The molecule has 0 aliphatic carbocycles. The van der Waals surface area contributed by atoms with E-state index < -0.39 is 7.82 Å². The molecule has 0 bridgehead atoms. The van der Waals surface area contributed by atoms with Crippen LogP contribution in [0.5, 0.6) is 17.2 Å². The molecule has 4 aromatic carbocycles. The SMILES string of the molecule is CC(C)c1ccccc1OP(=O)(Oc1ccc(-c2ccccc2)cc1)Oc1ccccc1C(C)C. The molecule has 0 heterocycles. The van der Waals surface area contributed by atoms with Crippen LogP contribution in [0.3, 0.4) is 0 Å². The summed E-state index contributed by atoms with van der Waals surface area (Å²) in [7, 11) is -4.11. The summed E-state index contributed by atoms with van der Waals surface area (Å²) >= 11 is 0. The number of benzene rings is 4. The maximum atomic E-state index is 14.2. The van der Waals surface area contributed by atoms with Gasteiger partial charge >= 0.3 is 7.82 Å². The van der Waals surface area contributed by atoms with Crippen LogP contribution in [0.2, 0.25) is 0 Å². The third kappa shape index (κ3) is 6.15. The van der Waals surface area contributed by atoms with Crippen molar-refractivity contribution in [2.75, 3.05) is 0 Å². The molecule has 4 nitrogen and oxygen atoms in total. The van der Waals surface area contributed by atoms with Crippen LogP contribution in [0.15, 0.2) is 103 Å². The lowest BCUT2D eigenvalue weighted by molar-refractivity contribution is 0.296. The Morgan fingerprint density at radius 2 is 0.943 bits per heavy atom. The van der Waals surface area contributed by atoms with Gasteiger partial charge in [0.05, 0.1) is 0 Å². The number of rotatable bonds is 9. The van der Waals surface area contributed by atoms with Crippen molar-refractivity contribution in [2.45, 2.75) is 39.5 Å². The summed E-state index contributed by atoms with van der Waals surface area (Å²) in [6.07, 6.45) is 0. The van der Waals surface area contributed by atoms with Crippen LogP contribution in [-0.4, -0.2) is 0 Å². The van der Waals surface area contributed by atoms with Crippen molar-refractivity contribution in [3.8, 4) is 28.4 Å². The number of phosphoric acid groups is 1. The lowest BCUT2D eigenvalue weighted by atomic mass is 10.0. The normalized spacial score (nSPS) is 11.5. The largest absolute Gasteiger partial charge is 0.647 e. The first-order valence-electron chi connectivity index (χ1n) is 11.9. The fourth-order valence-corrected chi connectivity index (χ4v) is 5.15. The Balaban J connectivity index is 1.68. The van der Waals surface area contributed by atoms with Crippen molar-refractivity contribution in [1.82, 2.24) is 0 Å². The molecule has 0 unspecified atom stereocenters. The number of hydrogen-bond donors (Lipinski definition) is 0. The van der Waals surface area contributed by atoms with Gasteiger partial charge in [0, 0.05) is 0 Å². The van der Waals surface area contributed by atoms with E-state index in [0.717, 1.165) is 22.3 Å². The molecule has 0 atom stereocenters. The van der Waals surface area contributed by atoms with E-state index in [-0.39, 0.29) is 11.8 Å². The molecule has 0 radical (unpaired) electrons. The van der Waals surface area contributed by atoms with Gasteiger partial charge in [-0.2, -0.15) is 4.57 Å². The lowest BCUT2D eigenvalue weighted by Crippen LogP contribution is -2.10.